The zero-order valence-electron chi connectivity index (χ0n) is 19.9. The van der Waals surface area contributed by atoms with Crippen LogP contribution < -0.4 is 4.74 Å². The molecule has 0 atom stereocenters. The normalized spacial score (nSPS) is 15.0. The van der Waals surface area contributed by atoms with Crippen molar-refractivity contribution in [3.63, 3.8) is 0 Å². The third-order valence-corrected chi connectivity index (χ3v) is 5.94. The Morgan fingerprint density at radius 3 is 2.57 bits per heavy atom. The Kier molecular flexibility index (Phi) is 10.2. The number of likely N-dealkylation sites (tertiary alicyclic amines) is 1. The zero-order valence-corrected chi connectivity index (χ0v) is 19.9. The number of nitrogens with one attached hydrogen (secondary N) is 1. The maximum Gasteiger partial charge on any atom is 0.340 e. The monoisotopic (exact) mass is 486 g/mol. The summed E-state index contributed by atoms with van der Waals surface area (Å²) in [6.45, 7) is 3.55. The van der Waals surface area contributed by atoms with Gasteiger partial charge in [0.2, 0.25) is 0 Å². The van der Waals surface area contributed by atoms with Gasteiger partial charge in [0.05, 0.1) is 12.2 Å². The number of aryl methyl sites for hydroxylation is 1. The largest absolute Gasteiger partial charge is 0.494 e. The van der Waals surface area contributed by atoms with E-state index in [1.807, 2.05) is 12.1 Å². The summed E-state index contributed by atoms with van der Waals surface area (Å²) >= 11 is 0. The second-order valence-electron chi connectivity index (χ2n) is 8.69. The Hall–Kier alpha value is -3.24. The molecule has 3 rings (SSSR count). The van der Waals surface area contributed by atoms with Crippen molar-refractivity contribution >= 4 is 17.5 Å². The molecule has 1 saturated heterocycles. The van der Waals surface area contributed by atoms with E-state index < -0.39 is 17.5 Å². The smallest absolute Gasteiger partial charge is 0.340 e. The number of aliphatic carboxylic acids is 2. The molecule has 10 nitrogen and oxygen atoms in total. The van der Waals surface area contributed by atoms with Crippen LogP contribution in [-0.2, 0) is 22.6 Å². The number of hydrogen-bond donors (Lipinski definition) is 4. The number of aliphatic hydroxyl groups is 1. The molecule has 35 heavy (non-hydrogen) atoms. The second kappa shape index (κ2) is 13.6. The lowest BCUT2D eigenvalue weighted by Gasteiger charge is -2.26. The van der Waals surface area contributed by atoms with Crippen molar-refractivity contribution < 1.29 is 29.6 Å². The number of aliphatic hydroxyl groups excluding tert-OH is 1. The number of ether oxygens (including phenoxy) is 1. The molecule has 1 fully saturated rings. The van der Waals surface area contributed by atoms with Crippen molar-refractivity contribution in [3.8, 4) is 5.75 Å². The van der Waals surface area contributed by atoms with Crippen LogP contribution in [-0.4, -0.2) is 73.6 Å². The number of carbonyl (C=O) groups is 2. The van der Waals surface area contributed by atoms with E-state index in [2.05, 4.69) is 32.2 Å². The number of nitrogens with zero attached hydrogens (tertiary/aromatic N) is 3. The number of aromatic amines is 1. The number of hydrogen-bond acceptors (Lipinski definition) is 7. The molecule has 0 spiro atoms. The average molecular weight is 487 g/mol. The van der Waals surface area contributed by atoms with Crippen molar-refractivity contribution in [3.05, 3.63) is 47.1 Å². The molecule has 0 aliphatic carbocycles. The highest BCUT2D eigenvalue weighted by Crippen LogP contribution is 2.21. The average Bonchev–Trinajstić information content (AvgIpc) is 3.30. The van der Waals surface area contributed by atoms with Crippen LogP contribution in [0.1, 0.15) is 62.2 Å². The van der Waals surface area contributed by atoms with Gasteiger partial charge in [-0.2, -0.15) is 5.10 Å². The summed E-state index contributed by atoms with van der Waals surface area (Å²) in [5, 5.41) is 34.5. The first-order valence-electron chi connectivity index (χ1n) is 12.1. The Labute approximate surface area is 204 Å². The van der Waals surface area contributed by atoms with Crippen molar-refractivity contribution in [2.45, 2.75) is 57.9 Å². The van der Waals surface area contributed by atoms with Crippen molar-refractivity contribution in [2.75, 3.05) is 26.3 Å². The topological polar surface area (TPSA) is 149 Å². The fourth-order valence-electron chi connectivity index (χ4n) is 4.17. The highest BCUT2D eigenvalue weighted by atomic mass is 16.5. The molecule has 0 radical (unpaired) electrons. The van der Waals surface area contributed by atoms with Crippen molar-refractivity contribution in [2.24, 2.45) is 0 Å². The van der Waals surface area contributed by atoms with Gasteiger partial charge in [0.25, 0.3) is 0 Å². The predicted molar refractivity (Wildman–Crippen MR) is 129 cm³/mol. The number of H-pyrrole nitrogens is 1. The molecule has 1 aromatic carbocycles. The summed E-state index contributed by atoms with van der Waals surface area (Å²) < 4.78 is 5.91. The van der Waals surface area contributed by atoms with E-state index in [1.165, 1.54) is 24.8 Å². The summed E-state index contributed by atoms with van der Waals surface area (Å²) in [6.07, 6.45) is 5.93. The van der Waals surface area contributed by atoms with Crippen molar-refractivity contribution in [1.29, 1.82) is 0 Å². The lowest BCUT2D eigenvalue weighted by Crippen LogP contribution is -2.29. The van der Waals surface area contributed by atoms with Gasteiger partial charge in [0.1, 0.15) is 17.1 Å². The Bertz CT molecular complexity index is 1010. The maximum atomic E-state index is 11.7. The highest BCUT2D eigenvalue weighted by molar-refractivity contribution is 6.20. The first-order valence-corrected chi connectivity index (χ1v) is 12.1. The molecule has 1 aliphatic rings. The van der Waals surface area contributed by atoms with Gasteiger partial charge >= 0.3 is 11.9 Å². The molecular formula is C25H34N4O6. The number of benzene rings is 1. The summed E-state index contributed by atoms with van der Waals surface area (Å²) in [6, 6.07) is 8.19. The minimum absolute atomic E-state index is 0.0894. The van der Waals surface area contributed by atoms with Gasteiger partial charge in [-0.05, 0) is 69.3 Å². The van der Waals surface area contributed by atoms with Gasteiger partial charge in [0, 0.05) is 19.6 Å². The van der Waals surface area contributed by atoms with Crippen LogP contribution in [0.2, 0.25) is 0 Å². The van der Waals surface area contributed by atoms with Crippen molar-refractivity contribution in [1.82, 2.24) is 20.1 Å². The van der Waals surface area contributed by atoms with Crippen LogP contribution in [0.15, 0.2) is 29.8 Å². The van der Waals surface area contributed by atoms with E-state index in [9.17, 15) is 19.8 Å². The van der Waals surface area contributed by atoms with E-state index in [-0.39, 0.29) is 30.8 Å². The predicted octanol–water partition coefficient (Wildman–Crippen LogP) is 2.89. The Morgan fingerprint density at radius 2 is 1.86 bits per heavy atom. The maximum absolute atomic E-state index is 11.7. The third kappa shape index (κ3) is 8.18. The fourth-order valence-corrected chi connectivity index (χ4v) is 4.17. The van der Waals surface area contributed by atoms with Gasteiger partial charge in [-0.1, -0.05) is 18.6 Å². The quantitative estimate of drug-likeness (QED) is 0.233. The molecular weight excluding hydrogens is 452 g/mol. The zero-order chi connectivity index (χ0) is 25.0. The van der Waals surface area contributed by atoms with Gasteiger partial charge < -0.3 is 20.1 Å². The van der Waals surface area contributed by atoms with E-state index in [0.717, 1.165) is 38.2 Å². The van der Waals surface area contributed by atoms with Crippen LogP contribution in [0, 0.1) is 0 Å². The summed E-state index contributed by atoms with van der Waals surface area (Å²) in [5.74, 6) is -1.61. The summed E-state index contributed by atoms with van der Waals surface area (Å²) in [5.41, 5.74) is 0.467. The number of rotatable bonds is 14. The van der Waals surface area contributed by atoms with Gasteiger partial charge in [-0.15, -0.1) is 0 Å². The Balaban J connectivity index is 1.48. The fraction of sp³-hybridized carbons (Fsp3) is 0.520. The van der Waals surface area contributed by atoms with Crippen LogP contribution in [0.25, 0.3) is 5.57 Å². The molecule has 0 saturated carbocycles. The molecule has 0 unspecified atom stereocenters. The van der Waals surface area contributed by atoms with Gasteiger partial charge in [-0.25, -0.2) is 14.6 Å². The number of aromatic nitrogens is 3. The summed E-state index contributed by atoms with van der Waals surface area (Å²) in [7, 11) is 0. The van der Waals surface area contributed by atoms with Crippen LogP contribution in [0.5, 0.6) is 5.75 Å². The molecule has 10 heteroatoms. The van der Waals surface area contributed by atoms with E-state index in [0.29, 0.717) is 18.9 Å². The molecule has 2 aromatic rings. The van der Waals surface area contributed by atoms with Crippen LogP contribution in [0.4, 0.5) is 0 Å². The SMILES string of the molecule is O=C(O)/C(CCCO)=C(\C(=O)O)c1n[nH]c(CCCCOc2cccc(CN3CCCCC3)c2)n1. The molecule has 1 aliphatic heterocycles. The van der Waals surface area contributed by atoms with E-state index in [1.54, 1.807) is 0 Å². The lowest BCUT2D eigenvalue weighted by molar-refractivity contribution is -0.134. The standard InChI is InChI=1S/C25H34N4O6/c30-14-7-10-20(24(31)32)22(25(33)34)23-26-21(27-28-23)11-2-5-15-35-19-9-6-8-18(16-19)17-29-12-3-1-4-13-29/h6,8-9,16,30H,1-5,7,10-15,17H2,(H,31,32)(H,33,34)(H,26,27,28)/b22-20-. The first kappa shape index (κ1) is 26.4. The number of piperidine rings is 1. The number of carboxylic acid groups (broad SMARTS) is 2. The Morgan fingerprint density at radius 1 is 1.06 bits per heavy atom. The molecule has 0 bridgehead atoms. The molecule has 4 N–H and O–H groups in total. The summed E-state index contributed by atoms with van der Waals surface area (Å²) in [4.78, 5) is 29.9. The van der Waals surface area contributed by atoms with Crippen LogP contribution in [0.3, 0.4) is 0 Å². The highest BCUT2D eigenvalue weighted by Gasteiger charge is 2.25. The molecule has 190 valence electrons. The minimum Gasteiger partial charge on any atom is -0.494 e. The first-order chi connectivity index (χ1) is 17.0. The van der Waals surface area contributed by atoms with Crippen LogP contribution >= 0.6 is 0 Å². The lowest BCUT2D eigenvalue weighted by atomic mass is 10.0. The molecule has 1 aromatic heterocycles. The number of carboxylic acids is 2. The van der Waals surface area contributed by atoms with Gasteiger partial charge in [-0.3, -0.25) is 10.00 Å². The molecule has 0 amide bonds. The van der Waals surface area contributed by atoms with E-state index in [4.69, 9.17) is 9.84 Å². The van der Waals surface area contributed by atoms with E-state index >= 15 is 0 Å². The third-order valence-electron chi connectivity index (χ3n) is 5.94. The molecule has 2 heterocycles. The van der Waals surface area contributed by atoms with Gasteiger partial charge in [0.15, 0.2) is 5.82 Å². The second-order valence-corrected chi connectivity index (χ2v) is 8.69. The minimum atomic E-state index is -1.41. The number of unbranched alkanes of at least 4 members (excludes halogenated alkanes) is 1.